The Labute approximate surface area is 102 Å². The highest BCUT2D eigenvalue weighted by atomic mass is 17.1. The van der Waals surface area contributed by atoms with E-state index in [0.717, 1.165) is 19.3 Å². The Bertz CT molecular complexity index is 387. The lowest BCUT2D eigenvalue weighted by Crippen LogP contribution is -2.11. The minimum Gasteiger partial charge on any atom is -0.251 e. The van der Waals surface area contributed by atoms with Crippen molar-refractivity contribution in [3.63, 3.8) is 0 Å². The minimum absolute atomic E-state index is 0.0466. The topological polar surface area (TPSA) is 29.5 Å². The van der Waals surface area contributed by atoms with Crippen molar-refractivity contribution in [2.24, 2.45) is 0 Å². The van der Waals surface area contributed by atoms with Gasteiger partial charge in [-0.05, 0) is 37.3 Å². The summed E-state index contributed by atoms with van der Waals surface area (Å²) in [5, 5.41) is 8.77. The first-order valence-electron chi connectivity index (χ1n) is 6.98. The Morgan fingerprint density at radius 3 is 2.81 bits per heavy atom. The van der Waals surface area contributed by atoms with Crippen molar-refractivity contribution in [2.75, 3.05) is 0 Å². The minimum atomic E-state index is -2.28. The highest BCUT2D eigenvalue weighted by Crippen LogP contribution is 2.13. The van der Waals surface area contributed by atoms with E-state index in [-0.39, 0.29) is 5.57 Å². The monoisotopic (exact) mass is 223 g/mol. The first-order valence-corrected chi connectivity index (χ1v) is 5.48. The van der Waals surface area contributed by atoms with Crippen LogP contribution in [-0.4, -0.2) is 11.4 Å². The van der Waals surface area contributed by atoms with Gasteiger partial charge >= 0.3 is 0 Å². The molecule has 1 rings (SSSR count). The maximum absolute atomic E-state index is 8.77. The van der Waals surface area contributed by atoms with Gasteiger partial charge in [-0.1, -0.05) is 43.3 Å². The molecule has 1 atom stereocenters. The Morgan fingerprint density at radius 2 is 2.19 bits per heavy atom. The summed E-state index contributed by atoms with van der Waals surface area (Å²) in [5.74, 6) is 0. The molecule has 0 aromatic heterocycles. The molecule has 0 aliphatic carbocycles. The lowest BCUT2D eigenvalue weighted by atomic mass is 10.0. The fourth-order valence-corrected chi connectivity index (χ4v) is 1.59. The van der Waals surface area contributed by atoms with Crippen LogP contribution in [0.4, 0.5) is 0 Å². The van der Waals surface area contributed by atoms with E-state index in [1.807, 2.05) is 18.2 Å². The molecule has 2 nitrogen and oxygen atoms in total. The first-order chi connectivity index (χ1) is 8.95. The number of benzene rings is 1. The number of hydrogen-bond donors (Lipinski definition) is 1. The van der Waals surface area contributed by atoms with Gasteiger partial charge in [0.25, 0.3) is 0 Å². The van der Waals surface area contributed by atoms with Gasteiger partial charge in [0.05, 0.1) is 0 Å². The van der Waals surface area contributed by atoms with Gasteiger partial charge in [-0.15, -0.1) is 0 Å². The SMILES string of the molecule is [2H]C([2H])([2H])C(=C)C(CCCCc1ccccc1)OO. The molecule has 0 aliphatic rings. The molecule has 0 saturated heterocycles. The second kappa shape index (κ2) is 7.20. The molecule has 1 N–H and O–H groups in total. The summed E-state index contributed by atoms with van der Waals surface area (Å²) in [6.07, 6.45) is 2.26. The normalized spacial score (nSPS) is 15.9. The average molecular weight is 223 g/mol. The van der Waals surface area contributed by atoms with Crippen LogP contribution in [0.1, 0.15) is 35.8 Å². The second-order valence-corrected chi connectivity index (χ2v) is 3.85. The summed E-state index contributed by atoms with van der Waals surface area (Å²) in [6.45, 7) is 1.20. The highest BCUT2D eigenvalue weighted by molar-refractivity contribution is 5.14. The van der Waals surface area contributed by atoms with Crippen LogP contribution in [0, 0.1) is 0 Å². The molecule has 0 spiro atoms. The molecule has 0 fully saturated rings. The predicted octanol–water partition coefficient (Wildman–Crippen LogP) is 3.83. The van der Waals surface area contributed by atoms with Crippen molar-refractivity contribution in [1.29, 1.82) is 0 Å². The third kappa shape index (κ3) is 4.60. The number of rotatable bonds is 7. The third-order valence-electron chi connectivity index (χ3n) is 2.54. The number of aryl methyl sites for hydroxylation is 1. The van der Waals surface area contributed by atoms with Crippen molar-refractivity contribution < 1.29 is 14.3 Å². The van der Waals surface area contributed by atoms with Gasteiger partial charge in [-0.3, -0.25) is 5.26 Å². The van der Waals surface area contributed by atoms with E-state index in [1.54, 1.807) is 0 Å². The molecular weight excluding hydrogens is 200 g/mol. The Hall–Kier alpha value is -1.12. The number of hydrogen-bond acceptors (Lipinski definition) is 2. The van der Waals surface area contributed by atoms with Crippen LogP contribution in [0.15, 0.2) is 42.5 Å². The van der Waals surface area contributed by atoms with Gasteiger partial charge in [0, 0.05) is 4.11 Å². The summed E-state index contributed by atoms with van der Waals surface area (Å²) >= 11 is 0. The average Bonchev–Trinajstić information content (AvgIpc) is 2.38. The predicted molar refractivity (Wildman–Crippen MR) is 66.3 cm³/mol. The Morgan fingerprint density at radius 1 is 1.44 bits per heavy atom. The van der Waals surface area contributed by atoms with E-state index in [1.165, 1.54) is 5.56 Å². The molecule has 0 radical (unpaired) electrons. The summed E-state index contributed by atoms with van der Waals surface area (Å²) < 4.78 is 21.7. The standard InChI is InChI=1S/C14H20O2/c1-12(2)14(16-15)11-7-6-10-13-8-4-3-5-9-13/h3-5,8-9,14-15H,1,6-7,10-11H2,2H3/i2D3. The van der Waals surface area contributed by atoms with Crippen LogP contribution in [0.25, 0.3) is 0 Å². The van der Waals surface area contributed by atoms with Gasteiger partial charge in [0.1, 0.15) is 6.10 Å². The van der Waals surface area contributed by atoms with Crippen LogP contribution in [0.2, 0.25) is 0 Å². The second-order valence-electron chi connectivity index (χ2n) is 3.85. The number of unbranched alkanes of at least 4 members (excludes halogenated alkanes) is 1. The molecular formula is C14H20O2. The van der Waals surface area contributed by atoms with Crippen LogP contribution in [-0.2, 0) is 11.3 Å². The fraction of sp³-hybridized carbons (Fsp3) is 0.429. The largest absolute Gasteiger partial charge is 0.251 e. The molecule has 2 heteroatoms. The molecule has 0 bridgehead atoms. The van der Waals surface area contributed by atoms with Crippen LogP contribution in [0.3, 0.4) is 0 Å². The molecule has 16 heavy (non-hydrogen) atoms. The molecule has 1 aromatic carbocycles. The highest BCUT2D eigenvalue weighted by Gasteiger charge is 2.08. The Kier molecular flexibility index (Phi) is 4.04. The molecule has 0 saturated carbocycles. The molecule has 88 valence electrons. The van der Waals surface area contributed by atoms with Crippen LogP contribution >= 0.6 is 0 Å². The smallest absolute Gasteiger partial charge is 0.113 e. The van der Waals surface area contributed by atoms with Gasteiger partial charge in [0.2, 0.25) is 0 Å². The van der Waals surface area contributed by atoms with Gasteiger partial charge in [0.15, 0.2) is 0 Å². The van der Waals surface area contributed by atoms with E-state index in [9.17, 15) is 0 Å². The molecule has 0 amide bonds. The Balaban J connectivity index is 2.33. The van der Waals surface area contributed by atoms with Gasteiger partial charge in [-0.25, -0.2) is 4.89 Å². The lowest BCUT2D eigenvalue weighted by molar-refractivity contribution is -0.269. The van der Waals surface area contributed by atoms with Crippen LogP contribution in [0.5, 0.6) is 0 Å². The van der Waals surface area contributed by atoms with E-state index in [2.05, 4.69) is 23.6 Å². The fourth-order valence-electron chi connectivity index (χ4n) is 1.59. The lowest BCUT2D eigenvalue weighted by Gasteiger charge is -2.12. The van der Waals surface area contributed by atoms with Gasteiger partial charge in [-0.2, -0.15) is 0 Å². The van der Waals surface area contributed by atoms with Crippen molar-refractivity contribution in [3.8, 4) is 0 Å². The maximum Gasteiger partial charge on any atom is 0.113 e. The van der Waals surface area contributed by atoms with Crippen molar-refractivity contribution in [1.82, 2.24) is 0 Å². The molecule has 0 aliphatic heterocycles. The van der Waals surface area contributed by atoms with E-state index in [0.29, 0.717) is 6.42 Å². The van der Waals surface area contributed by atoms with Crippen molar-refractivity contribution in [2.45, 2.75) is 38.6 Å². The zero-order valence-corrected chi connectivity index (χ0v) is 9.36. The van der Waals surface area contributed by atoms with Crippen molar-refractivity contribution in [3.05, 3.63) is 48.0 Å². The maximum atomic E-state index is 8.77. The van der Waals surface area contributed by atoms with Gasteiger partial charge < -0.3 is 0 Å². The molecule has 0 heterocycles. The van der Waals surface area contributed by atoms with E-state index in [4.69, 9.17) is 9.37 Å². The molecule has 1 unspecified atom stereocenters. The summed E-state index contributed by atoms with van der Waals surface area (Å²) in [4.78, 5) is 4.23. The molecule has 1 aromatic rings. The first kappa shape index (κ1) is 8.97. The van der Waals surface area contributed by atoms with Crippen molar-refractivity contribution >= 4 is 0 Å². The van der Waals surface area contributed by atoms with E-state index < -0.39 is 13.0 Å². The quantitative estimate of drug-likeness (QED) is 0.329. The zero-order chi connectivity index (χ0) is 14.3. The zero-order valence-electron chi connectivity index (χ0n) is 12.4. The van der Waals surface area contributed by atoms with E-state index >= 15 is 0 Å². The van der Waals surface area contributed by atoms with Crippen LogP contribution < -0.4 is 0 Å². The third-order valence-corrected chi connectivity index (χ3v) is 2.54. The summed E-state index contributed by atoms with van der Waals surface area (Å²) in [5.41, 5.74) is 1.20. The summed E-state index contributed by atoms with van der Waals surface area (Å²) in [7, 11) is 0. The summed E-state index contributed by atoms with van der Waals surface area (Å²) in [6, 6.07) is 10.1.